The van der Waals surface area contributed by atoms with Gasteiger partial charge >= 0.3 is 0 Å². The molecule has 0 aromatic heterocycles. The third-order valence-corrected chi connectivity index (χ3v) is 3.55. The Morgan fingerprint density at radius 2 is 2.06 bits per heavy atom. The molecule has 98 valence electrons. The van der Waals surface area contributed by atoms with Crippen LogP contribution in [0, 0.1) is 0 Å². The van der Waals surface area contributed by atoms with Crippen LogP contribution >= 0.6 is 0 Å². The molecule has 18 heavy (non-hydrogen) atoms. The molecule has 2 heteroatoms. The Kier molecular flexibility index (Phi) is 4.94. The Hall–Kier alpha value is -1.15. The quantitative estimate of drug-likeness (QED) is 0.543. The molecule has 1 aliphatic rings. The molecule has 0 aliphatic heterocycles. The first-order chi connectivity index (χ1) is 8.81. The van der Waals surface area contributed by atoms with E-state index in [1.54, 1.807) is 0 Å². The fourth-order valence-electron chi connectivity index (χ4n) is 2.45. The highest BCUT2D eigenvalue weighted by atomic mass is 16.5. The Morgan fingerprint density at radius 1 is 1.22 bits per heavy atom. The van der Waals surface area contributed by atoms with Crippen molar-refractivity contribution in [2.75, 3.05) is 13.2 Å². The zero-order valence-corrected chi connectivity index (χ0v) is 11.2. The molecule has 0 unspecified atom stereocenters. The number of ketones is 1. The van der Waals surface area contributed by atoms with Crippen molar-refractivity contribution in [3.05, 3.63) is 34.9 Å². The first-order valence-electron chi connectivity index (χ1n) is 7.04. The number of aryl methyl sites for hydroxylation is 2. The van der Waals surface area contributed by atoms with Gasteiger partial charge in [-0.1, -0.05) is 31.9 Å². The zero-order valence-electron chi connectivity index (χ0n) is 11.2. The van der Waals surface area contributed by atoms with Crippen LogP contribution in [0.1, 0.15) is 54.1 Å². The highest BCUT2D eigenvalue weighted by Gasteiger charge is 2.13. The fraction of sp³-hybridized carbons (Fsp3) is 0.562. The number of fused-ring (bicyclic) bond motifs is 1. The van der Waals surface area contributed by atoms with E-state index in [2.05, 4.69) is 19.1 Å². The van der Waals surface area contributed by atoms with Gasteiger partial charge in [0.2, 0.25) is 0 Å². The van der Waals surface area contributed by atoms with Crippen molar-refractivity contribution in [2.24, 2.45) is 0 Å². The van der Waals surface area contributed by atoms with Gasteiger partial charge in [-0.3, -0.25) is 4.79 Å². The molecule has 2 rings (SSSR count). The van der Waals surface area contributed by atoms with Crippen LogP contribution in [-0.2, 0) is 17.6 Å². The number of carbonyl (C=O) groups is 1. The maximum atomic E-state index is 12.0. The van der Waals surface area contributed by atoms with E-state index in [9.17, 15) is 4.79 Å². The number of hydrogen-bond acceptors (Lipinski definition) is 2. The molecule has 0 atom stereocenters. The Labute approximate surface area is 109 Å². The molecule has 0 spiro atoms. The molecule has 0 saturated carbocycles. The van der Waals surface area contributed by atoms with Gasteiger partial charge in [0.05, 0.1) is 0 Å². The molecule has 0 bridgehead atoms. The fourth-order valence-corrected chi connectivity index (χ4v) is 2.45. The second-order valence-electron chi connectivity index (χ2n) is 5.02. The minimum Gasteiger partial charge on any atom is -0.373 e. The summed E-state index contributed by atoms with van der Waals surface area (Å²) in [5, 5.41) is 0. The average molecular weight is 246 g/mol. The molecule has 1 aliphatic carbocycles. The topological polar surface area (TPSA) is 26.3 Å². The summed E-state index contributed by atoms with van der Waals surface area (Å²) < 4.78 is 5.42. The zero-order chi connectivity index (χ0) is 12.8. The van der Waals surface area contributed by atoms with Gasteiger partial charge in [0, 0.05) is 12.2 Å². The highest BCUT2D eigenvalue weighted by molar-refractivity contribution is 5.97. The van der Waals surface area contributed by atoms with Gasteiger partial charge in [-0.05, 0) is 42.9 Å². The minimum atomic E-state index is 0.112. The summed E-state index contributed by atoms with van der Waals surface area (Å²) in [5.41, 5.74) is 3.58. The van der Waals surface area contributed by atoms with Crippen molar-refractivity contribution in [1.29, 1.82) is 0 Å². The van der Waals surface area contributed by atoms with Gasteiger partial charge in [0.15, 0.2) is 5.78 Å². The molecule has 1 aromatic rings. The van der Waals surface area contributed by atoms with E-state index in [1.165, 1.54) is 30.4 Å². The van der Waals surface area contributed by atoms with E-state index in [-0.39, 0.29) is 12.4 Å². The average Bonchev–Trinajstić information content (AvgIpc) is 2.85. The molecule has 0 heterocycles. The molecule has 0 radical (unpaired) electrons. The monoisotopic (exact) mass is 246 g/mol. The van der Waals surface area contributed by atoms with Gasteiger partial charge in [-0.2, -0.15) is 0 Å². The lowest BCUT2D eigenvalue weighted by Crippen LogP contribution is -2.10. The van der Waals surface area contributed by atoms with E-state index in [0.717, 1.165) is 24.8 Å². The first-order valence-corrected chi connectivity index (χ1v) is 7.04. The van der Waals surface area contributed by atoms with Crippen molar-refractivity contribution in [3.63, 3.8) is 0 Å². The van der Waals surface area contributed by atoms with Crippen molar-refractivity contribution >= 4 is 5.78 Å². The minimum absolute atomic E-state index is 0.112. The standard InChI is InChI=1S/C16H22O2/c1-2-3-4-10-18-12-16(17)15-9-8-13-6-5-7-14(13)11-15/h8-9,11H,2-7,10,12H2,1H3. The largest absolute Gasteiger partial charge is 0.373 e. The smallest absolute Gasteiger partial charge is 0.188 e. The third kappa shape index (κ3) is 3.42. The van der Waals surface area contributed by atoms with Crippen molar-refractivity contribution in [1.82, 2.24) is 0 Å². The van der Waals surface area contributed by atoms with Crippen LogP contribution in [0.5, 0.6) is 0 Å². The van der Waals surface area contributed by atoms with Gasteiger partial charge in [0.25, 0.3) is 0 Å². The van der Waals surface area contributed by atoms with E-state index in [1.807, 2.05) is 6.07 Å². The van der Waals surface area contributed by atoms with E-state index < -0.39 is 0 Å². The maximum Gasteiger partial charge on any atom is 0.188 e. The predicted octanol–water partition coefficient (Wildman–Crippen LogP) is 3.56. The van der Waals surface area contributed by atoms with Gasteiger partial charge in [0.1, 0.15) is 6.61 Å². The lowest BCUT2D eigenvalue weighted by Gasteiger charge is -2.05. The van der Waals surface area contributed by atoms with Crippen LogP contribution in [-0.4, -0.2) is 19.0 Å². The van der Waals surface area contributed by atoms with Crippen LogP contribution in [0.2, 0.25) is 0 Å². The molecule has 1 aromatic carbocycles. The van der Waals surface area contributed by atoms with Crippen molar-refractivity contribution in [3.8, 4) is 0 Å². The number of benzene rings is 1. The van der Waals surface area contributed by atoms with Crippen LogP contribution in [0.3, 0.4) is 0 Å². The van der Waals surface area contributed by atoms with Crippen molar-refractivity contribution < 1.29 is 9.53 Å². The lowest BCUT2D eigenvalue weighted by atomic mass is 10.0. The Bertz CT molecular complexity index is 410. The van der Waals surface area contributed by atoms with Gasteiger partial charge in [-0.25, -0.2) is 0 Å². The maximum absolute atomic E-state index is 12.0. The normalized spacial score (nSPS) is 13.6. The summed E-state index contributed by atoms with van der Waals surface area (Å²) in [6.07, 6.45) is 6.91. The number of carbonyl (C=O) groups excluding carboxylic acids is 1. The molecular weight excluding hydrogens is 224 g/mol. The highest BCUT2D eigenvalue weighted by Crippen LogP contribution is 2.22. The summed E-state index contributed by atoms with van der Waals surface area (Å²) in [6, 6.07) is 6.11. The molecule has 0 amide bonds. The van der Waals surface area contributed by atoms with E-state index in [0.29, 0.717) is 6.61 Å². The number of rotatable bonds is 7. The van der Waals surface area contributed by atoms with E-state index >= 15 is 0 Å². The van der Waals surface area contributed by atoms with Crippen LogP contribution in [0.25, 0.3) is 0 Å². The number of Topliss-reactive ketones (excluding diaryl/α,β-unsaturated/α-hetero) is 1. The first kappa shape index (κ1) is 13.3. The lowest BCUT2D eigenvalue weighted by molar-refractivity contribution is 0.0753. The van der Waals surface area contributed by atoms with E-state index in [4.69, 9.17) is 4.74 Å². The van der Waals surface area contributed by atoms with Gasteiger partial charge in [-0.15, -0.1) is 0 Å². The molecule has 2 nitrogen and oxygen atoms in total. The molecule has 0 saturated heterocycles. The second kappa shape index (κ2) is 6.69. The molecular formula is C16H22O2. The van der Waals surface area contributed by atoms with Crippen LogP contribution in [0.4, 0.5) is 0 Å². The summed E-state index contributed by atoms with van der Waals surface area (Å²) in [5.74, 6) is 0.112. The Morgan fingerprint density at radius 3 is 2.89 bits per heavy atom. The third-order valence-electron chi connectivity index (χ3n) is 3.55. The van der Waals surface area contributed by atoms with Gasteiger partial charge < -0.3 is 4.74 Å². The predicted molar refractivity (Wildman–Crippen MR) is 73.1 cm³/mol. The van der Waals surface area contributed by atoms with Crippen LogP contribution < -0.4 is 0 Å². The van der Waals surface area contributed by atoms with Crippen LogP contribution in [0.15, 0.2) is 18.2 Å². The Balaban J connectivity index is 1.82. The second-order valence-corrected chi connectivity index (χ2v) is 5.02. The summed E-state index contributed by atoms with van der Waals surface area (Å²) >= 11 is 0. The number of ether oxygens (including phenoxy) is 1. The molecule has 0 N–H and O–H groups in total. The summed E-state index contributed by atoms with van der Waals surface area (Å²) in [7, 11) is 0. The number of unbranched alkanes of at least 4 members (excludes halogenated alkanes) is 2. The SMILES string of the molecule is CCCCCOCC(=O)c1ccc2c(c1)CCC2. The summed E-state index contributed by atoms with van der Waals surface area (Å²) in [4.78, 5) is 12.0. The number of hydrogen-bond donors (Lipinski definition) is 0. The van der Waals surface area contributed by atoms with Crippen molar-refractivity contribution in [2.45, 2.75) is 45.4 Å². The summed E-state index contributed by atoms with van der Waals surface area (Å²) in [6.45, 7) is 3.09. The molecule has 0 fully saturated rings.